The van der Waals surface area contributed by atoms with E-state index in [0.29, 0.717) is 22.7 Å². The van der Waals surface area contributed by atoms with Gasteiger partial charge in [-0.3, -0.25) is 4.79 Å². The number of rotatable bonds is 2. The summed E-state index contributed by atoms with van der Waals surface area (Å²) in [7, 11) is 3.14. The number of fused-ring (bicyclic) bond motifs is 1. The zero-order valence-corrected chi connectivity index (χ0v) is 9.48. The Morgan fingerprint density at radius 1 is 1.31 bits per heavy atom. The Morgan fingerprint density at radius 3 is 2.69 bits per heavy atom. The summed E-state index contributed by atoms with van der Waals surface area (Å²) in [6.45, 7) is 1.79. The number of ether oxygens (including phenoxy) is 2. The zero-order chi connectivity index (χ0) is 11.7. The molecule has 2 aliphatic rings. The Bertz CT molecular complexity index is 455. The van der Waals surface area contributed by atoms with Crippen molar-refractivity contribution in [1.29, 1.82) is 0 Å². The number of aliphatic imine (C=N–C) groups is 1. The molecule has 1 atom stereocenters. The number of carbonyl (C=O) groups is 1. The van der Waals surface area contributed by atoms with Crippen LogP contribution in [0.15, 0.2) is 40.2 Å². The molecule has 4 nitrogen and oxygen atoms in total. The Morgan fingerprint density at radius 2 is 2.06 bits per heavy atom. The molecule has 0 aromatic carbocycles. The Balaban J connectivity index is 2.48. The smallest absolute Gasteiger partial charge is 0.189 e. The van der Waals surface area contributed by atoms with Gasteiger partial charge in [0.05, 0.1) is 18.8 Å². The molecule has 0 saturated heterocycles. The van der Waals surface area contributed by atoms with Crippen molar-refractivity contribution in [2.75, 3.05) is 14.2 Å². The van der Waals surface area contributed by atoms with Crippen molar-refractivity contribution in [3.05, 3.63) is 35.3 Å². The number of hydrogen-bond donors (Lipinski definition) is 0. The largest absolute Gasteiger partial charge is 0.495 e. The second-order valence-corrected chi connectivity index (χ2v) is 3.63. The number of nitrogens with zero attached hydrogens (tertiary/aromatic N) is 1. The minimum Gasteiger partial charge on any atom is -0.495 e. The highest BCUT2D eigenvalue weighted by molar-refractivity contribution is 6.32. The van der Waals surface area contributed by atoms with Crippen LogP contribution in [0.3, 0.4) is 0 Å². The highest BCUT2D eigenvalue weighted by Gasteiger charge is 2.28. The highest BCUT2D eigenvalue weighted by atomic mass is 16.5. The van der Waals surface area contributed by atoms with E-state index in [1.807, 2.05) is 0 Å². The summed E-state index contributed by atoms with van der Waals surface area (Å²) in [5.74, 6) is 0.539. The fraction of sp³-hybridized carbons (Fsp3) is 0.333. The number of allylic oxidation sites excluding steroid dienone is 3. The van der Waals surface area contributed by atoms with Gasteiger partial charge in [-0.25, -0.2) is 4.99 Å². The maximum atomic E-state index is 11.8. The second kappa shape index (κ2) is 4.06. The second-order valence-electron chi connectivity index (χ2n) is 3.63. The van der Waals surface area contributed by atoms with Gasteiger partial charge in [0.25, 0.3) is 0 Å². The molecule has 1 heterocycles. The third kappa shape index (κ3) is 1.72. The monoisotopic (exact) mass is 219 g/mol. The molecule has 1 aliphatic carbocycles. The molecule has 2 rings (SSSR count). The van der Waals surface area contributed by atoms with Crippen LogP contribution in [-0.2, 0) is 14.3 Å². The van der Waals surface area contributed by atoms with Crippen LogP contribution in [-0.4, -0.2) is 31.8 Å². The summed E-state index contributed by atoms with van der Waals surface area (Å²) in [6.07, 6.45) is 4.83. The zero-order valence-electron chi connectivity index (χ0n) is 9.48. The van der Waals surface area contributed by atoms with Gasteiger partial charge in [0.15, 0.2) is 5.78 Å². The van der Waals surface area contributed by atoms with E-state index in [0.717, 1.165) is 0 Å². The maximum Gasteiger partial charge on any atom is 0.189 e. The third-order valence-corrected chi connectivity index (χ3v) is 2.52. The molecule has 16 heavy (non-hydrogen) atoms. The van der Waals surface area contributed by atoms with E-state index in [1.54, 1.807) is 33.3 Å². The van der Waals surface area contributed by atoms with Gasteiger partial charge < -0.3 is 9.47 Å². The maximum absolute atomic E-state index is 11.8. The van der Waals surface area contributed by atoms with Gasteiger partial charge >= 0.3 is 0 Å². The minimum atomic E-state index is -0.236. The first-order valence-corrected chi connectivity index (χ1v) is 4.98. The predicted molar refractivity (Wildman–Crippen MR) is 60.2 cm³/mol. The van der Waals surface area contributed by atoms with Gasteiger partial charge in [0.2, 0.25) is 0 Å². The molecule has 84 valence electrons. The fourth-order valence-electron chi connectivity index (χ4n) is 1.74. The molecule has 0 N–H and O–H groups in total. The van der Waals surface area contributed by atoms with Crippen LogP contribution in [0.4, 0.5) is 0 Å². The summed E-state index contributed by atoms with van der Waals surface area (Å²) in [5.41, 5.74) is 1.84. The Labute approximate surface area is 94.0 Å². The SMILES string of the molecule is COC1=CC(OC)C=C2C(=O)C=C(C)N=C12. The quantitative estimate of drug-likeness (QED) is 0.705. The molecule has 1 aliphatic heterocycles. The lowest BCUT2D eigenvalue weighted by Gasteiger charge is -2.22. The van der Waals surface area contributed by atoms with Crippen molar-refractivity contribution < 1.29 is 14.3 Å². The summed E-state index contributed by atoms with van der Waals surface area (Å²) < 4.78 is 10.4. The van der Waals surface area contributed by atoms with E-state index in [4.69, 9.17) is 9.47 Å². The van der Waals surface area contributed by atoms with Crippen LogP contribution in [0.25, 0.3) is 0 Å². The average molecular weight is 219 g/mol. The van der Waals surface area contributed by atoms with Crippen molar-refractivity contribution in [2.45, 2.75) is 13.0 Å². The predicted octanol–water partition coefficient (Wildman–Crippen LogP) is 1.40. The Kier molecular flexibility index (Phi) is 2.75. The molecule has 0 saturated carbocycles. The summed E-state index contributed by atoms with van der Waals surface area (Å²) in [5, 5.41) is 0. The van der Waals surface area contributed by atoms with Crippen molar-refractivity contribution in [3.63, 3.8) is 0 Å². The van der Waals surface area contributed by atoms with E-state index in [9.17, 15) is 4.79 Å². The molecule has 0 radical (unpaired) electrons. The van der Waals surface area contributed by atoms with Gasteiger partial charge in [-0.15, -0.1) is 0 Å². The van der Waals surface area contributed by atoms with Gasteiger partial charge in [-0.1, -0.05) is 0 Å². The lowest BCUT2D eigenvalue weighted by atomic mass is 9.94. The summed E-state index contributed by atoms with van der Waals surface area (Å²) in [6, 6.07) is 0. The van der Waals surface area contributed by atoms with Crippen molar-refractivity contribution >= 4 is 11.5 Å². The van der Waals surface area contributed by atoms with Crippen LogP contribution in [0.2, 0.25) is 0 Å². The molecule has 0 fully saturated rings. The molecule has 4 heteroatoms. The van der Waals surface area contributed by atoms with E-state index in [-0.39, 0.29) is 11.9 Å². The average Bonchev–Trinajstić information content (AvgIpc) is 2.28. The molecule has 1 unspecified atom stereocenters. The minimum absolute atomic E-state index is 0.0489. The standard InChI is InChI=1S/C12H13NO3/c1-7-4-10(14)9-5-8(15-2)6-11(16-3)12(9)13-7/h4-6,8H,1-3H3. The number of hydrogen-bond acceptors (Lipinski definition) is 4. The lowest BCUT2D eigenvalue weighted by Crippen LogP contribution is -2.25. The van der Waals surface area contributed by atoms with Crippen molar-refractivity contribution in [2.24, 2.45) is 4.99 Å². The number of ketones is 1. The topological polar surface area (TPSA) is 47.9 Å². The normalized spacial score (nSPS) is 23.9. The number of carbonyl (C=O) groups excluding carboxylic acids is 1. The first kappa shape index (κ1) is 10.8. The van der Waals surface area contributed by atoms with E-state index < -0.39 is 0 Å². The highest BCUT2D eigenvalue weighted by Crippen LogP contribution is 2.24. The van der Waals surface area contributed by atoms with E-state index in [2.05, 4.69) is 4.99 Å². The van der Waals surface area contributed by atoms with Crippen LogP contribution < -0.4 is 0 Å². The molecule has 0 aromatic rings. The van der Waals surface area contributed by atoms with Crippen molar-refractivity contribution in [1.82, 2.24) is 0 Å². The molecular formula is C12H13NO3. The van der Waals surface area contributed by atoms with Crippen LogP contribution in [0, 0.1) is 0 Å². The number of methoxy groups -OCH3 is 2. The molecular weight excluding hydrogens is 206 g/mol. The first-order chi connectivity index (χ1) is 7.65. The van der Waals surface area contributed by atoms with Gasteiger partial charge in [-0.2, -0.15) is 0 Å². The van der Waals surface area contributed by atoms with Crippen LogP contribution in [0.1, 0.15) is 6.92 Å². The summed E-state index contributed by atoms with van der Waals surface area (Å²) in [4.78, 5) is 16.1. The van der Waals surface area contributed by atoms with E-state index >= 15 is 0 Å². The van der Waals surface area contributed by atoms with Gasteiger partial charge in [0, 0.05) is 18.9 Å². The van der Waals surface area contributed by atoms with E-state index in [1.165, 1.54) is 6.08 Å². The third-order valence-electron chi connectivity index (χ3n) is 2.52. The fourth-order valence-corrected chi connectivity index (χ4v) is 1.74. The first-order valence-electron chi connectivity index (χ1n) is 4.98. The van der Waals surface area contributed by atoms with Crippen LogP contribution in [0.5, 0.6) is 0 Å². The van der Waals surface area contributed by atoms with Gasteiger partial charge in [0.1, 0.15) is 11.5 Å². The summed E-state index contributed by atoms with van der Waals surface area (Å²) >= 11 is 0. The van der Waals surface area contributed by atoms with Crippen LogP contribution >= 0.6 is 0 Å². The Hall–Kier alpha value is -1.68. The molecule has 0 spiro atoms. The lowest BCUT2D eigenvalue weighted by molar-refractivity contribution is -0.111. The van der Waals surface area contributed by atoms with Gasteiger partial charge in [-0.05, 0) is 19.1 Å². The molecule has 0 bridgehead atoms. The molecule has 0 aromatic heterocycles. The van der Waals surface area contributed by atoms with Crippen molar-refractivity contribution in [3.8, 4) is 0 Å². The molecule has 0 amide bonds.